The van der Waals surface area contributed by atoms with E-state index < -0.39 is 0 Å². The molecule has 0 radical (unpaired) electrons. The largest absolute Gasteiger partial charge is 0.298 e. The summed E-state index contributed by atoms with van der Waals surface area (Å²) in [4.78, 5) is 18.2. The van der Waals surface area contributed by atoms with Gasteiger partial charge in [-0.3, -0.25) is 10.1 Å². The summed E-state index contributed by atoms with van der Waals surface area (Å²) in [6, 6.07) is 19.3. The van der Waals surface area contributed by atoms with E-state index in [0.29, 0.717) is 15.7 Å². The number of carbonyl (C=O) groups is 1. The van der Waals surface area contributed by atoms with Crippen LogP contribution in [-0.2, 0) is 0 Å². The summed E-state index contributed by atoms with van der Waals surface area (Å²) in [5.74, 6) is -0.185. The Bertz CT molecular complexity index is 1090. The van der Waals surface area contributed by atoms with Crippen molar-refractivity contribution in [3.63, 3.8) is 0 Å². The number of thiazole rings is 1. The van der Waals surface area contributed by atoms with Crippen molar-refractivity contribution in [3.05, 3.63) is 71.2 Å². The minimum absolute atomic E-state index is 0.185. The van der Waals surface area contributed by atoms with Gasteiger partial charge in [-0.05, 0) is 35.0 Å². The lowest BCUT2D eigenvalue weighted by atomic mass is 10.0. The fraction of sp³-hybridized carbons (Fsp3) is 0. The summed E-state index contributed by atoms with van der Waals surface area (Å²) >= 11 is 7.38. The molecule has 1 N–H and O–H groups in total. The Morgan fingerprint density at radius 1 is 0.960 bits per heavy atom. The lowest BCUT2D eigenvalue weighted by molar-refractivity contribution is 0.102. The first-order chi connectivity index (χ1) is 12.2. The lowest BCUT2D eigenvalue weighted by Crippen LogP contribution is -2.11. The number of aromatic nitrogens is 1. The maximum absolute atomic E-state index is 12.4. The van der Waals surface area contributed by atoms with Gasteiger partial charge in [-0.1, -0.05) is 59.3 Å². The highest BCUT2D eigenvalue weighted by Gasteiger charge is 2.26. The number of rotatable bonds is 2. The first-order valence-electron chi connectivity index (χ1n) is 7.81. The molecule has 0 aliphatic heterocycles. The molecule has 120 valence electrons. The molecule has 0 atom stereocenters. The number of fused-ring (bicyclic) bond motifs is 3. The number of hydrogen-bond acceptors (Lipinski definition) is 3. The molecule has 0 spiro atoms. The van der Waals surface area contributed by atoms with Crippen LogP contribution in [0.4, 0.5) is 5.13 Å². The first-order valence-corrected chi connectivity index (χ1v) is 9.00. The zero-order valence-electron chi connectivity index (χ0n) is 12.9. The quantitative estimate of drug-likeness (QED) is 0.428. The highest BCUT2D eigenvalue weighted by molar-refractivity contribution is 7.20. The van der Waals surface area contributed by atoms with Gasteiger partial charge in [-0.25, -0.2) is 4.98 Å². The van der Waals surface area contributed by atoms with Gasteiger partial charge in [-0.2, -0.15) is 0 Å². The van der Waals surface area contributed by atoms with Crippen molar-refractivity contribution in [2.24, 2.45) is 0 Å². The van der Waals surface area contributed by atoms with Crippen molar-refractivity contribution in [2.75, 3.05) is 5.32 Å². The minimum Gasteiger partial charge on any atom is -0.298 e. The van der Waals surface area contributed by atoms with E-state index in [1.807, 2.05) is 6.07 Å². The molecule has 0 bridgehead atoms. The molecular formula is C20H11ClN2OS. The zero-order chi connectivity index (χ0) is 17.0. The van der Waals surface area contributed by atoms with Crippen LogP contribution in [0.15, 0.2) is 60.7 Å². The minimum atomic E-state index is -0.185. The molecule has 25 heavy (non-hydrogen) atoms. The number of hydrogen-bond donors (Lipinski definition) is 1. The lowest BCUT2D eigenvalue weighted by Gasteiger charge is -2.03. The molecule has 0 fully saturated rings. The van der Waals surface area contributed by atoms with Crippen molar-refractivity contribution in [1.29, 1.82) is 0 Å². The molecule has 5 rings (SSSR count). The predicted molar refractivity (Wildman–Crippen MR) is 103 cm³/mol. The second kappa shape index (κ2) is 5.41. The fourth-order valence-electron chi connectivity index (χ4n) is 3.24. The number of carbonyl (C=O) groups excluding carboxylic acids is 1. The number of nitrogens with one attached hydrogen (secondary N) is 1. The van der Waals surface area contributed by atoms with E-state index in [1.165, 1.54) is 27.7 Å². The Kier molecular flexibility index (Phi) is 3.17. The summed E-state index contributed by atoms with van der Waals surface area (Å²) in [6.07, 6.45) is 0. The second-order valence-corrected chi connectivity index (χ2v) is 7.30. The molecule has 1 aliphatic rings. The Morgan fingerprint density at radius 2 is 1.68 bits per heavy atom. The van der Waals surface area contributed by atoms with Gasteiger partial charge in [0.05, 0.1) is 10.6 Å². The van der Waals surface area contributed by atoms with Crippen LogP contribution in [0.1, 0.15) is 10.4 Å². The zero-order valence-corrected chi connectivity index (χ0v) is 14.5. The molecule has 1 aliphatic carbocycles. The molecule has 1 amide bonds. The third kappa shape index (κ3) is 2.26. The van der Waals surface area contributed by atoms with E-state index in [9.17, 15) is 4.79 Å². The fourth-order valence-corrected chi connectivity index (χ4v) is 4.37. The van der Waals surface area contributed by atoms with Crippen molar-refractivity contribution in [1.82, 2.24) is 4.98 Å². The Hall–Kier alpha value is -2.69. The van der Waals surface area contributed by atoms with E-state index in [0.717, 1.165) is 16.1 Å². The van der Waals surface area contributed by atoms with Crippen LogP contribution in [0.3, 0.4) is 0 Å². The monoisotopic (exact) mass is 362 g/mol. The first kappa shape index (κ1) is 14.6. The number of anilines is 1. The topological polar surface area (TPSA) is 42.0 Å². The molecule has 3 aromatic carbocycles. The summed E-state index contributed by atoms with van der Waals surface area (Å²) < 4.78 is 0. The molecule has 5 heteroatoms. The maximum Gasteiger partial charge on any atom is 0.257 e. The van der Waals surface area contributed by atoms with E-state index >= 15 is 0 Å². The van der Waals surface area contributed by atoms with E-state index in [4.69, 9.17) is 11.6 Å². The highest BCUT2D eigenvalue weighted by Crippen LogP contribution is 2.50. The van der Waals surface area contributed by atoms with Crippen molar-refractivity contribution < 1.29 is 4.79 Å². The van der Waals surface area contributed by atoms with Crippen molar-refractivity contribution >= 4 is 44.7 Å². The molecular weight excluding hydrogens is 352 g/mol. The van der Waals surface area contributed by atoms with Gasteiger partial charge in [-0.15, -0.1) is 0 Å². The summed E-state index contributed by atoms with van der Waals surface area (Å²) in [7, 11) is 0. The Balaban J connectivity index is 1.53. The molecule has 1 heterocycles. The van der Waals surface area contributed by atoms with Gasteiger partial charge in [0.1, 0.15) is 0 Å². The van der Waals surface area contributed by atoms with Crippen LogP contribution >= 0.6 is 22.9 Å². The summed E-state index contributed by atoms with van der Waals surface area (Å²) in [6.45, 7) is 0. The molecule has 3 nitrogen and oxygen atoms in total. The number of amides is 1. The predicted octanol–water partition coefficient (Wildman–Crippen LogP) is 5.85. The van der Waals surface area contributed by atoms with Gasteiger partial charge in [0.25, 0.3) is 5.91 Å². The van der Waals surface area contributed by atoms with E-state index in [-0.39, 0.29) is 5.91 Å². The molecule has 0 unspecified atom stereocenters. The SMILES string of the molecule is O=C(Nc1nc2c(s1)-c1cccc3cccc-2c13)c1ccc(Cl)cc1. The summed E-state index contributed by atoms with van der Waals surface area (Å²) in [5, 5.41) is 6.57. The van der Waals surface area contributed by atoms with Crippen LogP contribution in [0.25, 0.3) is 32.5 Å². The van der Waals surface area contributed by atoms with Gasteiger partial charge in [0.2, 0.25) is 0 Å². The number of nitrogens with zero attached hydrogens (tertiary/aromatic N) is 1. The highest BCUT2D eigenvalue weighted by atomic mass is 35.5. The molecule has 0 saturated heterocycles. The molecule has 0 saturated carbocycles. The van der Waals surface area contributed by atoms with Crippen molar-refractivity contribution in [2.45, 2.75) is 0 Å². The van der Waals surface area contributed by atoms with Crippen LogP contribution < -0.4 is 5.32 Å². The molecule has 4 aromatic rings. The third-order valence-corrected chi connectivity index (χ3v) is 5.61. The third-order valence-electron chi connectivity index (χ3n) is 4.36. The Morgan fingerprint density at radius 3 is 2.44 bits per heavy atom. The normalized spacial score (nSPS) is 11.6. The van der Waals surface area contributed by atoms with Gasteiger partial charge < -0.3 is 0 Å². The van der Waals surface area contributed by atoms with Crippen LogP contribution in [0.2, 0.25) is 5.02 Å². The molecule has 1 aromatic heterocycles. The average Bonchev–Trinajstić information content (AvgIpc) is 3.16. The average molecular weight is 363 g/mol. The van der Waals surface area contributed by atoms with Crippen molar-refractivity contribution in [3.8, 4) is 21.7 Å². The van der Waals surface area contributed by atoms with Crippen LogP contribution in [0, 0.1) is 0 Å². The van der Waals surface area contributed by atoms with Gasteiger partial charge in [0, 0.05) is 21.7 Å². The number of halogens is 1. The van der Waals surface area contributed by atoms with E-state index in [2.05, 4.69) is 40.6 Å². The van der Waals surface area contributed by atoms with Crippen LogP contribution in [-0.4, -0.2) is 10.9 Å². The van der Waals surface area contributed by atoms with E-state index in [1.54, 1.807) is 24.3 Å². The van der Waals surface area contributed by atoms with Crippen LogP contribution in [0.5, 0.6) is 0 Å². The Labute approximate surface area is 152 Å². The standard InChI is InChI=1S/C20H11ClN2OS/c21-13-9-7-12(8-10-13)19(24)23-20-22-17-14-5-1-3-11-4-2-6-15(16(11)14)18(17)25-20/h1-10H,(H,22,23,24). The maximum atomic E-state index is 12.4. The number of benzene rings is 3. The smallest absolute Gasteiger partial charge is 0.257 e. The second-order valence-electron chi connectivity index (χ2n) is 5.87. The summed E-state index contributed by atoms with van der Waals surface area (Å²) in [5.41, 5.74) is 3.82. The van der Waals surface area contributed by atoms with Gasteiger partial charge in [0.15, 0.2) is 5.13 Å². The van der Waals surface area contributed by atoms with Gasteiger partial charge >= 0.3 is 0 Å².